The third kappa shape index (κ3) is 4.41. The number of ether oxygens (including phenoxy) is 2. The Morgan fingerprint density at radius 2 is 1.69 bits per heavy atom. The highest BCUT2D eigenvalue weighted by Crippen LogP contribution is 2.37. The number of hydrogen-bond donors (Lipinski definition) is 2. The number of aromatic nitrogens is 1. The lowest BCUT2D eigenvalue weighted by Crippen LogP contribution is -2.28. The highest BCUT2D eigenvalue weighted by molar-refractivity contribution is 7.13. The Bertz CT molecular complexity index is 1510. The summed E-state index contributed by atoms with van der Waals surface area (Å²) in [5.74, 6) is 1.34. The molecule has 0 radical (unpaired) electrons. The number of hydrogen-bond acceptors (Lipinski definition) is 4. The van der Waals surface area contributed by atoms with Gasteiger partial charge in [-0.15, -0.1) is 11.3 Å². The van der Waals surface area contributed by atoms with E-state index in [0.717, 1.165) is 28.7 Å². The second kappa shape index (κ2) is 9.79. The molecule has 1 aliphatic rings. The Morgan fingerprint density at radius 3 is 2.53 bits per heavy atom. The van der Waals surface area contributed by atoms with Crippen molar-refractivity contribution < 1.29 is 14.3 Å². The zero-order chi connectivity index (χ0) is 24.3. The molecule has 3 heterocycles. The van der Waals surface area contributed by atoms with Gasteiger partial charge in [0, 0.05) is 41.3 Å². The number of urea groups is 1. The molecule has 180 valence electrons. The van der Waals surface area contributed by atoms with E-state index >= 15 is 0 Å². The van der Waals surface area contributed by atoms with Crippen molar-refractivity contribution in [3.8, 4) is 22.1 Å². The molecular formula is C29H25N3O3S. The molecule has 0 bridgehead atoms. The normalized spacial score (nSPS) is 12.4. The van der Waals surface area contributed by atoms with Crippen molar-refractivity contribution in [2.24, 2.45) is 0 Å². The molecule has 2 N–H and O–H groups in total. The van der Waals surface area contributed by atoms with E-state index in [9.17, 15) is 4.79 Å². The van der Waals surface area contributed by atoms with Crippen LogP contribution in [0.5, 0.6) is 11.5 Å². The van der Waals surface area contributed by atoms with Crippen molar-refractivity contribution in [1.29, 1.82) is 0 Å². The third-order valence-electron chi connectivity index (χ3n) is 6.24. The minimum atomic E-state index is -0.274. The highest BCUT2D eigenvalue weighted by Gasteiger charge is 2.20. The van der Waals surface area contributed by atoms with E-state index in [-0.39, 0.29) is 6.03 Å². The van der Waals surface area contributed by atoms with E-state index in [1.165, 1.54) is 10.4 Å². The standard InChI is InChI=1S/C29H25N3O3S/c33-29(31-21-12-13-25-26(17-21)35-15-14-34-25)30-18-23-22-9-4-5-10-24(22)32(19-20-7-2-1-3-8-20)28(23)27-11-6-16-36-27/h1-13,16-17H,14-15,18-19H2,(H2,30,31,33). The summed E-state index contributed by atoms with van der Waals surface area (Å²) in [7, 11) is 0. The average molecular weight is 496 g/mol. The Morgan fingerprint density at radius 1 is 0.889 bits per heavy atom. The van der Waals surface area contributed by atoms with Crippen LogP contribution in [0.25, 0.3) is 21.5 Å². The minimum absolute atomic E-state index is 0.274. The van der Waals surface area contributed by atoms with Gasteiger partial charge in [0.15, 0.2) is 11.5 Å². The average Bonchev–Trinajstić information content (AvgIpc) is 3.55. The Balaban J connectivity index is 1.30. The number of carbonyl (C=O) groups excluding carboxylic acids is 1. The first kappa shape index (κ1) is 22.2. The second-order valence-corrected chi connectivity index (χ2v) is 9.51. The fraction of sp³-hybridized carbons (Fsp3) is 0.138. The quantitative estimate of drug-likeness (QED) is 0.282. The van der Waals surface area contributed by atoms with Crippen molar-refractivity contribution in [2.75, 3.05) is 18.5 Å². The maximum Gasteiger partial charge on any atom is 0.319 e. The predicted molar refractivity (Wildman–Crippen MR) is 144 cm³/mol. The molecule has 2 aromatic heterocycles. The summed E-state index contributed by atoms with van der Waals surface area (Å²) in [6.45, 7) is 2.18. The van der Waals surface area contributed by atoms with E-state index in [1.807, 2.05) is 24.3 Å². The van der Waals surface area contributed by atoms with Gasteiger partial charge in [0.1, 0.15) is 13.2 Å². The number of para-hydroxylation sites is 1. The van der Waals surface area contributed by atoms with Crippen LogP contribution in [-0.2, 0) is 13.1 Å². The van der Waals surface area contributed by atoms with Crippen LogP contribution in [-0.4, -0.2) is 23.8 Å². The first-order valence-electron chi connectivity index (χ1n) is 11.9. The summed E-state index contributed by atoms with van der Waals surface area (Å²) >= 11 is 1.71. The molecule has 0 unspecified atom stereocenters. The molecule has 2 amide bonds. The van der Waals surface area contributed by atoms with Gasteiger partial charge in [-0.1, -0.05) is 54.6 Å². The number of fused-ring (bicyclic) bond motifs is 2. The smallest absolute Gasteiger partial charge is 0.319 e. The fourth-order valence-electron chi connectivity index (χ4n) is 4.64. The second-order valence-electron chi connectivity index (χ2n) is 8.56. The van der Waals surface area contributed by atoms with Crippen LogP contribution >= 0.6 is 11.3 Å². The Kier molecular flexibility index (Phi) is 6.05. The van der Waals surface area contributed by atoms with Gasteiger partial charge in [0.25, 0.3) is 0 Å². The van der Waals surface area contributed by atoms with Crippen LogP contribution < -0.4 is 20.1 Å². The molecular weight excluding hydrogens is 470 g/mol. The summed E-state index contributed by atoms with van der Waals surface area (Å²) in [5.41, 5.74) is 5.26. The lowest BCUT2D eigenvalue weighted by molar-refractivity contribution is 0.171. The van der Waals surface area contributed by atoms with Crippen molar-refractivity contribution in [3.05, 3.63) is 101 Å². The SMILES string of the molecule is O=C(NCc1c(-c2cccs2)n(Cc2ccccc2)c2ccccc12)Nc1ccc2c(c1)OCCO2. The highest BCUT2D eigenvalue weighted by atomic mass is 32.1. The summed E-state index contributed by atoms with van der Waals surface area (Å²) in [5, 5.41) is 9.21. The van der Waals surface area contributed by atoms with Gasteiger partial charge in [-0.2, -0.15) is 0 Å². The maximum absolute atomic E-state index is 12.9. The van der Waals surface area contributed by atoms with Gasteiger partial charge in [-0.05, 0) is 35.2 Å². The molecule has 0 aliphatic carbocycles. The van der Waals surface area contributed by atoms with Crippen LogP contribution in [0, 0.1) is 0 Å². The topological polar surface area (TPSA) is 64.5 Å². The molecule has 0 saturated carbocycles. The van der Waals surface area contributed by atoms with E-state index in [2.05, 4.69) is 75.2 Å². The van der Waals surface area contributed by atoms with E-state index in [1.54, 1.807) is 17.4 Å². The van der Waals surface area contributed by atoms with Gasteiger partial charge in [0.2, 0.25) is 0 Å². The first-order chi connectivity index (χ1) is 17.8. The van der Waals surface area contributed by atoms with E-state index < -0.39 is 0 Å². The minimum Gasteiger partial charge on any atom is -0.486 e. The van der Waals surface area contributed by atoms with Gasteiger partial charge in [0.05, 0.1) is 10.6 Å². The van der Waals surface area contributed by atoms with Crippen molar-refractivity contribution in [3.63, 3.8) is 0 Å². The van der Waals surface area contributed by atoms with Crippen molar-refractivity contribution >= 4 is 34.0 Å². The molecule has 7 heteroatoms. The van der Waals surface area contributed by atoms with Gasteiger partial charge in [-0.25, -0.2) is 4.79 Å². The van der Waals surface area contributed by atoms with Crippen LogP contribution in [0.2, 0.25) is 0 Å². The number of amides is 2. The monoisotopic (exact) mass is 495 g/mol. The molecule has 1 aliphatic heterocycles. The molecule has 0 fully saturated rings. The first-order valence-corrected chi connectivity index (χ1v) is 12.8. The lowest BCUT2D eigenvalue weighted by Gasteiger charge is -2.19. The summed E-state index contributed by atoms with van der Waals surface area (Å²) in [6, 6.07) is 28.2. The lowest BCUT2D eigenvalue weighted by atomic mass is 10.1. The maximum atomic E-state index is 12.9. The molecule has 36 heavy (non-hydrogen) atoms. The largest absolute Gasteiger partial charge is 0.486 e. The summed E-state index contributed by atoms with van der Waals surface area (Å²) < 4.78 is 13.6. The molecule has 6 nitrogen and oxygen atoms in total. The predicted octanol–water partition coefficient (Wildman–Crippen LogP) is 6.51. The molecule has 0 atom stereocenters. The van der Waals surface area contributed by atoms with Gasteiger partial charge < -0.3 is 24.7 Å². The van der Waals surface area contributed by atoms with Crippen LogP contribution in [0.3, 0.4) is 0 Å². The number of thiophene rings is 1. The van der Waals surface area contributed by atoms with Gasteiger partial charge in [-0.3, -0.25) is 0 Å². The molecule has 3 aromatic carbocycles. The van der Waals surface area contributed by atoms with Crippen molar-refractivity contribution in [1.82, 2.24) is 9.88 Å². The molecule has 6 rings (SSSR count). The number of nitrogens with zero attached hydrogens (tertiary/aromatic N) is 1. The third-order valence-corrected chi connectivity index (χ3v) is 7.12. The zero-order valence-electron chi connectivity index (χ0n) is 19.6. The number of benzene rings is 3. The van der Waals surface area contributed by atoms with Gasteiger partial charge >= 0.3 is 6.03 Å². The van der Waals surface area contributed by atoms with Crippen LogP contribution in [0.4, 0.5) is 10.5 Å². The Hall–Kier alpha value is -4.23. The zero-order valence-corrected chi connectivity index (χ0v) is 20.4. The number of anilines is 1. The molecule has 0 spiro atoms. The Labute approximate surface area is 213 Å². The van der Waals surface area contributed by atoms with Crippen LogP contribution in [0.15, 0.2) is 90.3 Å². The number of rotatable bonds is 6. The summed E-state index contributed by atoms with van der Waals surface area (Å²) in [6.07, 6.45) is 0. The van der Waals surface area contributed by atoms with Crippen LogP contribution in [0.1, 0.15) is 11.1 Å². The summed E-state index contributed by atoms with van der Waals surface area (Å²) in [4.78, 5) is 14.1. The van der Waals surface area contributed by atoms with E-state index in [4.69, 9.17) is 9.47 Å². The van der Waals surface area contributed by atoms with Crippen molar-refractivity contribution in [2.45, 2.75) is 13.1 Å². The van der Waals surface area contributed by atoms with E-state index in [0.29, 0.717) is 36.9 Å². The fourth-order valence-corrected chi connectivity index (χ4v) is 5.45. The molecule has 5 aromatic rings. The number of nitrogens with one attached hydrogen (secondary N) is 2. The number of carbonyl (C=O) groups is 1. The molecule has 0 saturated heterocycles.